The van der Waals surface area contributed by atoms with Crippen molar-refractivity contribution in [1.29, 1.82) is 0 Å². The molecule has 36 heavy (non-hydrogen) atoms. The molecule has 1 aliphatic heterocycles. The first-order chi connectivity index (χ1) is 17.4. The summed E-state index contributed by atoms with van der Waals surface area (Å²) in [4.78, 5) is 39.3. The van der Waals surface area contributed by atoms with E-state index in [2.05, 4.69) is 27.9 Å². The predicted molar refractivity (Wildman–Crippen MR) is 149 cm³/mol. The second-order valence-electron chi connectivity index (χ2n) is 7.72. The number of hydrogen-bond acceptors (Lipinski definition) is 6. The minimum absolute atomic E-state index is 0.192. The van der Waals surface area contributed by atoms with Gasteiger partial charge in [0.25, 0.3) is 17.1 Å². The van der Waals surface area contributed by atoms with Crippen LogP contribution in [0.25, 0.3) is 6.08 Å². The van der Waals surface area contributed by atoms with Crippen molar-refractivity contribution in [3.05, 3.63) is 92.4 Å². The topological polar surface area (TPSA) is 84.9 Å². The first kappa shape index (κ1) is 25.8. The number of thioether (sulfide) groups is 1. The number of halogens is 1. The summed E-state index contributed by atoms with van der Waals surface area (Å²) in [5.41, 5.74) is 2.25. The number of amides is 3. The first-order valence-electron chi connectivity index (χ1n) is 11.2. The molecule has 0 unspecified atom stereocenters. The van der Waals surface area contributed by atoms with Crippen molar-refractivity contribution in [3.63, 3.8) is 0 Å². The standard InChI is InChI=1S/C27H23IN2O5S/c1-2-34-22-14-19(13-21(28)25(22)35-17-24(31)29-20-11-7-4-8-12-20)15-23-26(32)30(27(33)36-23)16-18-9-5-3-6-10-18/h3-15H,2,16-17H2,1H3,(H,29,31)/b23-15-. The van der Waals surface area contributed by atoms with Crippen LogP contribution < -0.4 is 14.8 Å². The van der Waals surface area contributed by atoms with Gasteiger partial charge in [-0.3, -0.25) is 19.3 Å². The van der Waals surface area contributed by atoms with E-state index in [1.165, 1.54) is 4.90 Å². The Morgan fingerprint density at radius 1 is 1.03 bits per heavy atom. The summed E-state index contributed by atoms with van der Waals surface area (Å²) < 4.78 is 12.3. The molecule has 9 heteroatoms. The fraction of sp³-hybridized carbons (Fsp3) is 0.148. The Morgan fingerprint density at radius 2 is 1.72 bits per heavy atom. The highest BCUT2D eigenvalue weighted by atomic mass is 127. The van der Waals surface area contributed by atoms with Gasteiger partial charge in [-0.05, 0) is 82.7 Å². The van der Waals surface area contributed by atoms with Crippen molar-refractivity contribution in [2.45, 2.75) is 13.5 Å². The molecule has 1 fully saturated rings. The Kier molecular flexibility index (Phi) is 8.65. The molecule has 0 aromatic heterocycles. The van der Waals surface area contributed by atoms with Crippen molar-refractivity contribution in [1.82, 2.24) is 4.90 Å². The summed E-state index contributed by atoms with van der Waals surface area (Å²) in [6.45, 7) is 2.27. The largest absolute Gasteiger partial charge is 0.490 e. The van der Waals surface area contributed by atoms with E-state index in [0.717, 1.165) is 17.3 Å². The molecule has 0 spiro atoms. The number of nitrogens with one attached hydrogen (secondary N) is 1. The number of hydrogen-bond donors (Lipinski definition) is 1. The summed E-state index contributed by atoms with van der Waals surface area (Å²) in [6, 6.07) is 22.1. The molecular formula is C27H23IN2O5S. The lowest BCUT2D eigenvalue weighted by molar-refractivity contribution is -0.123. The molecule has 0 atom stereocenters. The predicted octanol–water partition coefficient (Wildman–Crippen LogP) is 5.94. The van der Waals surface area contributed by atoms with Crippen LogP contribution in [0.15, 0.2) is 77.7 Å². The Bertz CT molecular complexity index is 1300. The molecule has 1 aliphatic rings. The van der Waals surface area contributed by atoms with Crippen LogP contribution in [-0.2, 0) is 16.1 Å². The van der Waals surface area contributed by atoms with Gasteiger partial charge < -0.3 is 14.8 Å². The monoisotopic (exact) mass is 614 g/mol. The molecule has 1 N–H and O–H groups in total. The van der Waals surface area contributed by atoms with Gasteiger partial charge in [0.05, 0.1) is 21.6 Å². The average molecular weight is 614 g/mol. The maximum absolute atomic E-state index is 12.9. The molecule has 4 rings (SSSR count). The quantitative estimate of drug-likeness (QED) is 0.237. The van der Waals surface area contributed by atoms with Crippen LogP contribution in [0.3, 0.4) is 0 Å². The smallest absolute Gasteiger partial charge is 0.293 e. The summed E-state index contributed by atoms with van der Waals surface area (Å²) in [5, 5.41) is 2.47. The van der Waals surface area contributed by atoms with Gasteiger partial charge >= 0.3 is 0 Å². The maximum Gasteiger partial charge on any atom is 0.293 e. The van der Waals surface area contributed by atoms with Crippen LogP contribution in [0.1, 0.15) is 18.1 Å². The van der Waals surface area contributed by atoms with Crippen molar-refractivity contribution >= 4 is 63.2 Å². The number of imide groups is 1. The van der Waals surface area contributed by atoms with Gasteiger partial charge in [0.2, 0.25) is 0 Å². The third-order valence-corrected chi connectivity index (χ3v) is 6.80. The van der Waals surface area contributed by atoms with Gasteiger partial charge in [-0.2, -0.15) is 0 Å². The van der Waals surface area contributed by atoms with Gasteiger partial charge in [-0.25, -0.2) is 0 Å². The zero-order valence-corrected chi connectivity index (χ0v) is 22.4. The summed E-state index contributed by atoms with van der Waals surface area (Å²) >= 11 is 3.01. The number of nitrogens with zero attached hydrogens (tertiary/aromatic N) is 1. The average Bonchev–Trinajstić information content (AvgIpc) is 3.12. The van der Waals surface area contributed by atoms with E-state index in [1.54, 1.807) is 24.3 Å². The Morgan fingerprint density at radius 3 is 2.42 bits per heavy atom. The highest BCUT2D eigenvalue weighted by molar-refractivity contribution is 14.1. The number of rotatable bonds is 9. The SMILES string of the molecule is CCOc1cc(/C=C2\SC(=O)N(Cc3ccccc3)C2=O)cc(I)c1OCC(=O)Nc1ccccc1. The number of benzene rings is 3. The fourth-order valence-corrected chi connectivity index (χ4v) is 5.10. The molecular weight excluding hydrogens is 591 g/mol. The second kappa shape index (κ2) is 12.1. The van der Waals surface area contributed by atoms with E-state index in [0.29, 0.717) is 37.8 Å². The fourth-order valence-electron chi connectivity index (χ4n) is 3.48. The Hall–Kier alpha value is -3.31. The number of para-hydroxylation sites is 1. The molecule has 0 saturated carbocycles. The third-order valence-electron chi connectivity index (χ3n) is 5.09. The van der Waals surface area contributed by atoms with Crippen LogP contribution in [0.5, 0.6) is 11.5 Å². The van der Waals surface area contributed by atoms with Crippen LogP contribution in [0.2, 0.25) is 0 Å². The molecule has 0 bridgehead atoms. The highest BCUT2D eigenvalue weighted by Gasteiger charge is 2.35. The summed E-state index contributed by atoms with van der Waals surface area (Å²) in [7, 11) is 0. The zero-order chi connectivity index (χ0) is 25.5. The minimum atomic E-state index is -0.334. The van der Waals surface area contributed by atoms with Crippen LogP contribution in [0, 0.1) is 3.57 Å². The van der Waals surface area contributed by atoms with Crippen LogP contribution in [0.4, 0.5) is 10.5 Å². The molecule has 7 nitrogen and oxygen atoms in total. The van der Waals surface area contributed by atoms with Crippen molar-refractivity contribution in [3.8, 4) is 11.5 Å². The zero-order valence-electron chi connectivity index (χ0n) is 19.4. The molecule has 1 saturated heterocycles. The van der Waals surface area contributed by atoms with Crippen molar-refractivity contribution in [2.75, 3.05) is 18.5 Å². The molecule has 1 heterocycles. The number of ether oxygens (including phenoxy) is 2. The number of anilines is 1. The lowest BCUT2D eigenvalue weighted by Crippen LogP contribution is -2.27. The second-order valence-corrected chi connectivity index (χ2v) is 9.87. The maximum atomic E-state index is 12.9. The summed E-state index contributed by atoms with van der Waals surface area (Å²) in [5.74, 6) is 0.261. The molecule has 184 valence electrons. The van der Waals surface area contributed by atoms with Gasteiger partial charge in [-0.1, -0.05) is 48.5 Å². The van der Waals surface area contributed by atoms with E-state index in [4.69, 9.17) is 9.47 Å². The van der Waals surface area contributed by atoms with Crippen LogP contribution >= 0.6 is 34.4 Å². The van der Waals surface area contributed by atoms with Crippen molar-refractivity contribution in [2.24, 2.45) is 0 Å². The molecule has 3 aromatic rings. The normalized spacial score (nSPS) is 14.3. The Balaban J connectivity index is 1.49. The summed E-state index contributed by atoms with van der Waals surface area (Å²) in [6.07, 6.45) is 1.67. The lowest BCUT2D eigenvalue weighted by atomic mass is 10.1. The van der Waals surface area contributed by atoms with Crippen LogP contribution in [-0.4, -0.2) is 35.2 Å². The first-order valence-corrected chi connectivity index (χ1v) is 13.1. The lowest BCUT2D eigenvalue weighted by Gasteiger charge is -2.15. The van der Waals surface area contributed by atoms with E-state index in [1.807, 2.05) is 61.5 Å². The van der Waals surface area contributed by atoms with Gasteiger partial charge in [0, 0.05) is 5.69 Å². The Labute approximate surface area is 227 Å². The minimum Gasteiger partial charge on any atom is -0.490 e. The van der Waals surface area contributed by atoms with Gasteiger partial charge in [-0.15, -0.1) is 0 Å². The third kappa shape index (κ3) is 6.46. The molecule has 3 amide bonds. The number of carbonyl (C=O) groups excluding carboxylic acids is 3. The highest BCUT2D eigenvalue weighted by Crippen LogP contribution is 2.38. The molecule has 3 aromatic carbocycles. The van der Waals surface area contributed by atoms with E-state index in [-0.39, 0.29) is 30.2 Å². The molecule has 0 aliphatic carbocycles. The van der Waals surface area contributed by atoms with Crippen molar-refractivity contribution < 1.29 is 23.9 Å². The molecule has 0 radical (unpaired) electrons. The van der Waals surface area contributed by atoms with E-state index >= 15 is 0 Å². The van der Waals surface area contributed by atoms with E-state index in [9.17, 15) is 14.4 Å². The van der Waals surface area contributed by atoms with Gasteiger partial charge in [0.15, 0.2) is 18.1 Å². The van der Waals surface area contributed by atoms with E-state index < -0.39 is 0 Å². The number of carbonyl (C=O) groups is 3. The van der Waals surface area contributed by atoms with Gasteiger partial charge in [0.1, 0.15) is 0 Å².